The molecule has 0 aliphatic rings. The first-order chi connectivity index (χ1) is 9.43. The Labute approximate surface area is 117 Å². The van der Waals surface area contributed by atoms with Gasteiger partial charge in [0, 0.05) is 32.0 Å². The van der Waals surface area contributed by atoms with Crippen molar-refractivity contribution < 1.29 is 19.4 Å². The topological polar surface area (TPSA) is 105 Å². The van der Waals surface area contributed by atoms with Crippen LogP contribution in [0.5, 0.6) is 0 Å². The smallest absolute Gasteiger partial charge is 0.331 e. The lowest BCUT2D eigenvalue weighted by Gasteiger charge is -2.16. The largest absolute Gasteiger partial charge is 0.479 e. The van der Waals surface area contributed by atoms with Crippen LogP contribution in [0.3, 0.4) is 0 Å². The summed E-state index contributed by atoms with van der Waals surface area (Å²) in [5.74, 6) is -1.15. The third-order valence-electron chi connectivity index (χ3n) is 2.58. The number of hydrogen-bond acceptors (Lipinski definition) is 4. The summed E-state index contributed by atoms with van der Waals surface area (Å²) in [4.78, 5) is 22.9. The monoisotopic (exact) mass is 284 g/mol. The number of nitrogens with one attached hydrogen (secondary N) is 2. The Morgan fingerprint density at radius 3 is 2.75 bits per heavy atom. The van der Waals surface area contributed by atoms with Crippen molar-refractivity contribution in [2.75, 3.05) is 13.2 Å². The summed E-state index contributed by atoms with van der Waals surface area (Å²) in [5, 5.41) is 18.0. The maximum Gasteiger partial charge on any atom is 0.331 e. The first-order valence-corrected chi connectivity index (χ1v) is 6.31. The molecule has 0 aromatic carbocycles. The van der Waals surface area contributed by atoms with Crippen molar-refractivity contribution in [3.8, 4) is 0 Å². The second-order valence-electron chi connectivity index (χ2n) is 4.34. The fourth-order valence-corrected chi connectivity index (χ4v) is 1.64. The van der Waals surface area contributed by atoms with E-state index in [0.29, 0.717) is 18.7 Å². The van der Waals surface area contributed by atoms with Crippen molar-refractivity contribution >= 4 is 12.0 Å². The zero-order valence-electron chi connectivity index (χ0n) is 11.8. The molecule has 0 radical (unpaired) electrons. The van der Waals surface area contributed by atoms with Gasteiger partial charge < -0.3 is 20.5 Å². The van der Waals surface area contributed by atoms with E-state index in [-0.39, 0.29) is 6.10 Å². The van der Waals surface area contributed by atoms with Gasteiger partial charge in [-0.2, -0.15) is 5.10 Å². The standard InChI is InChI=1S/C12H20N4O4/c1-4-20-8(2)5-13-12(19)15-10(11(17)18)9-6-14-16(3)7-9/h6-8,10H,4-5H2,1-3H3,(H,17,18)(H2,13,15,19). The molecular formula is C12H20N4O4. The van der Waals surface area contributed by atoms with Crippen LogP contribution in [0.1, 0.15) is 25.5 Å². The summed E-state index contributed by atoms with van der Waals surface area (Å²) in [6, 6.07) is -1.70. The molecule has 2 amide bonds. The maximum absolute atomic E-state index is 11.7. The van der Waals surface area contributed by atoms with Crippen LogP contribution in [0, 0.1) is 0 Å². The molecule has 0 spiro atoms. The minimum absolute atomic E-state index is 0.132. The third kappa shape index (κ3) is 4.88. The Bertz CT molecular complexity index is 460. The number of rotatable bonds is 7. The molecule has 3 N–H and O–H groups in total. The first kappa shape index (κ1) is 16.0. The number of aromatic nitrogens is 2. The van der Waals surface area contributed by atoms with E-state index in [2.05, 4.69) is 15.7 Å². The molecule has 20 heavy (non-hydrogen) atoms. The third-order valence-corrected chi connectivity index (χ3v) is 2.58. The maximum atomic E-state index is 11.7. The number of carbonyl (C=O) groups is 2. The summed E-state index contributed by atoms with van der Waals surface area (Å²) in [6.45, 7) is 4.54. The summed E-state index contributed by atoms with van der Waals surface area (Å²) in [5.41, 5.74) is 0.410. The zero-order chi connectivity index (χ0) is 15.1. The van der Waals surface area contributed by atoms with Crippen LogP contribution in [-0.4, -0.2) is 46.1 Å². The number of carboxylic acids is 1. The Balaban J connectivity index is 2.54. The van der Waals surface area contributed by atoms with Crippen LogP contribution in [0.25, 0.3) is 0 Å². The van der Waals surface area contributed by atoms with Gasteiger partial charge in [-0.3, -0.25) is 4.68 Å². The van der Waals surface area contributed by atoms with Crippen LogP contribution < -0.4 is 10.6 Å². The van der Waals surface area contributed by atoms with Crippen LogP contribution in [0.4, 0.5) is 4.79 Å². The Hall–Kier alpha value is -2.09. The number of aryl methyl sites for hydroxylation is 1. The van der Waals surface area contributed by atoms with Crippen LogP contribution in [0.2, 0.25) is 0 Å². The fraction of sp³-hybridized carbons (Fsp3) is 0.583. The highest BCUT2D eigenvalue weighted by Gasteiger charge is 2.23. The van der Waals surface area contributed by atoms with Crippen molar-refractivity contribution in [3.05, 3.63) is 18.0 Å². The van der Waals surface area contributed by atoms with E-state index in [1.165, 1.54) is 10.9 Å². The van der Waals surface area contributed by atoms with Gasteiger partial charge in [0.2, 0.25) is 0 Å². The van der Waals surface area contributed by atoms with E-state index in [4.69, 9.17) is 9.84 Å². The number of carboxylic acid groups (broad SMARTS) is 1. The number of ether oxygens (including phenoxy) is 1. The highest BCUT2D eigenvalue weighted by molar-refractivity contribution is 5.83. The number of nitrogens with zero attached hydrogens (tertiary/aromatic N) is 2. The first-order valence-electron chi connectivity index (χ1n) is 6.31. The number of urea groups is 1. The number of carbonyl (C=O) groups excluding carboxylic acids is 1. The SMILES string of the molecule is CCOC(C)CNC(=O)NC(C(=O)O)c1cnn(C)c1. The van der Waals surface area contributed by atoms with Crippen molar-refractivity contribution in [3.63, 3.8) is 0 Å². The zero-order valence-corrected chi connectivity index (χ0v) is 11.8. The number of aliphatic carboxylic acids is 1. The molecular weight excluding hydrogens is 264 g/mol. The van der Waals surface area contributed by atoms with E-state index in [9.17, 15) is 9.59 Å². The summed E-state index contributed by atoms with van der Waals surface area (Å²) < 4.78 is 6.73. The van der Waals surface area contributed by atoms with Gasteiger partial charge in [0.05, 0.1) is 12.3 Å². The van der Waals surface area contributed by atoms with E-state index < -0.39 is 18.0 Å². The molecule has 112 valence electrons. The predicted molar refractivity (Wildman–Crippen MR) is 71.2 cm³/mol. The molecule has 0 fully saturated rings. The van der Waals surface area contributed by atoms with Crippen LogP contribution in [0.15, 0.2) is 12.4 Å². The van der Waals surface area contributed by atoms with Crippen molar-refractivity contribution in [2.24, 2.45) is 7.05 Å². The average Bonchev–Trinajstić information content (AvgIpc) is 2.80. The molecule has 1 rings (SSSR count). The van der Waals surface area contributed by atoms with Gasteiger partial charge >= 0.3 is 12.0 Å². The lowest BCUT2D eigenvalue weighted by Crippen LogP contribution is -2.43. The fourth-order valence-electron chi connectivity index (χ4n) is 1.64. The van der Waals surface area contributed by atoms with Crippen LogP contribution in [-0.2, 0) is 16.6 Å². The molecule has 2 unspecified atom stereocenters. The molecule has 0 aliphatic carbocycles. The van der Waals surface area contributed by atoms with Crippen LogP contribution >= 0.6 is 0 Å². The van der Waals surface area contributed by atoms with E-state index in [0.717, 1.165) is 0 Å². The van der Waals surface area contributed by atoms with Gasteiger partial charge in [-0.15, -0.1) is 0 Å². The number of hydrogen-bond donors (Lipinski definition) is 3. The van der Waals surface area contributed by atoms with Gasteiger partial charge in [0.1, 0.15) is 0 Å². The van der Waals surface area contributed by atoms with E-state index in [1.54, 1.807) is 13.2 Å². The molecule has 1 aromatic heterocycles. The summed E-state index contributed by atoms with van der Waals surface area (Å²) in [6.07, 6.45) is 2.82. The van der Waals surface area contributed by atoms with Gasteiger partial charge in [-0.1, -0.05) is 0 Å². The van der Waals surface area contributed by atoms with Gasteiger partial charge in [0.25, 0.3) is 0 Å². The molecule has 2 atom stereocenters. The predicted octanol–water partition coefficient (Wildman–Crippen LogP) is 0.270. The molecule has 1 aromatic rings. The van der Waals surface area contributed by atoms with Gasteiger partial charge in [0.15, 0.2) is 6.04 Å². The van der Waals surface area contributed by atoms with E-state index in [1.807, 2.05) is 13.8 Å². The molecule has 8 heteroatoms. The summed E-state index contributed by atoms with van der Waals surface area (Å²) in [7, 11) is 1.67. The normalized spacial score (nSPS) is 13.6. The van der Waals surface area contributed by atoms with Gasteiger partial charge in [-0.05, 0) is 13.8 Å². The van der Waals surface area contributed by atoms with Crippen molar-refractivity contribution in [1.82, 2.24) is 20.4 Å². The lowest BCUT2D eigenvalue weighted by molar-refractivity contribution is -0.139. The van der Waals surface area contributed by atoms with Gasteiger partial charge in [-0.25, -0.2) is 9.59 Å². The van der Waals surface area contributed by atoms with Crippen molar-refractivity contribution in [1.29, 1.82) is 0 Å². The Kier molecular flexibility index (Phi) is 5.98. The number of amides is 2. The highest BCUT2D eigenvalue weighted by atomic mass is 16.5. The molecule has 0 aliphatic heterocycles. The second-order valence-corrected chi connectivity index (χ2v) is 4.34. The molecule has 8 nitrogen and oxygen atoms in total. The minimum Gasteiger partial charge on any atom is -0.479 e. The molecule has 0 saturated heterocycles. The second kappa shape index (κ2) is 7.49. The van der Waals surface area contributed by atoms with E-state index >= 15 is 0 Å². The highest BCUT2D eigenvalue weighted by Crippen LogP contribution is 2.11. The quantitative estimate of drug-likeness (QED) is 0.666. The summed E-state index contributed by atoms with van der Waals surface area (Å²) >= 11 is 0. The molecule has 0 saturated carbocycles. The Morgan fingerprint density at radius 2 is 2.25 bits per heavy atom. The minimum atomic E-state index is -1.15. The average molecular weight is 284 g/mol. The lowest BCUT2D eigenvalue weighted by atomic mass is 10.1. The van der Waals surface area contributed by atoms with Crippen molar-refractivity contribution in [2.45, 2.75) is 26.0 Å². The molecule has 0 bridgehead atoms. The Morgan fingerprint density at radius 1 is 1.55 bits per heavy atom. The molecule has 1 heterocycles.